The van der Waals surface area contributed by atoms with Crippen LogP contribution in [0.25, 0.3) is 0 Å². The molecule has 0 aliphatic carbocycles. The summed E-state index contributed by atoms with van der Waals surface area (Å²) < 4.78 is 11.1. The summed E-state index contributed by atoms with van der Waals surface area (Å²) in [6.45, 7) is 3.60. The fraction of sp³-hybridized carbons (Fsp3) is 0.412. The summed E-state index contributed by atoms with van der Waals surface area (Å²) in [5.74, 6) is 0.444. The number of carbonyl (C=O) groups excluding carboxylic acids is 1. The van der Waals surface area contributed by atoms with Gasteiger partial charge in [-0.1, -0.05) is 11.6 Å². The lowest BCUT2D eigenvalue weighted by Crippen LogP contribution is -2.44. The molecular weight excluding hydrogens is 344 g/mol. The van der Waals surface area contributed by atoms with Crippen molar-refractivity contribution in [3.8, 4) is 11.9 Å². The molecule has 0 N–H and O–H groups in total. The van der Waals surface area contributed by atoms with Crippen molar-refractivity contribution in [2.45, 2.75) is 25.9 Å². The maximum absolute atomic E-state index is 12.7. The standard InChI is InChI=1S/C17H19ClN4O3/c1-2-24-15-6-5-12(8-19-15)16(23)22-7-3-4-14(11-22)25-17-20-9-13(18)10-21-17/h5-6,8-10,14H,2-4,7,11H2,1H3. The van der Waals surface area contributed by atoms with Crippen LogP contribution in [0, 0.1) is 0 Å². The number of ether oxygens (including phenoxy) is 2. The van der Waals surface area contributed by atoms with Gasteiger partial charge in [0.2, 0.25) is 5.88 Å². The number of hydrogen-bond acceptors (Lipinski definition) is 6. The van der Waals surface area contributed by atoms with Gasteiger partial charge in [-0.25, -0.2) is 15.0 Å². The zero-order chi connectivity index (χ0) is 17.6. The van der Waals surface area contributed by atoms with E-state index in [9.17, 15) is 4.79 Å². The number of carbonyl (C=O) groups is 1. The predicted octanol–water partition coefficient (Wildman–Crippen LogP) is 2.61. The molecular formula is C17H19ClN4O3. The van der Waals surface area contributed by atoms with Crippen LogP contribution in [0.15, 0.2) is 30.7 Å². The van der Waals surface area contributed by atoms with Crippen molar-refractivity contribution in [3.63, 3.8) is 0 Å². The second kappa shape index (κ2) is 8.11. The summed E-state index contributed by atoms with van der Waals surface area (Å²) in [7, 11) is 0. The molecule has 0 aromatic carbocycles. The summed E-state index contributed by atoms with van der Waals surface area (Å²) in [6, 6.07) is 3.70. The van der Waals surface area contributed by atoms with Crippen LogP contribution in [0.2, 0.25) is 5.02 Å². The van der Waals surface area contributed by atoms with Gasteiger partial charge in [0.05, 0.1) is 36.1 Å². The molecule has 1 fully saturated rings. The Hall–Kier alpha value is -2.41. The molecule has 0 spiro atoms. The molecule has 1 unspecified atom stereocenters. The Balaban J connectivity index is 1.61. The lowest BCUT2D eigenvalue weighted by atomic mass is 10.1. The number of nitrogens with zero attached hydrogens (tertiary/aromatic N) is 4. The first kappa shape index (κ1) is 17.4. The number of piperidine rings is 1. The van der Waals surface area contributed by atoms with Crippen LogP contribution < -0.4 is 9.47 Å². The van der Waals surface area contributed by atoms with Crippen LogP contribution in [0.5, 0.6) is 11.9 Å². The van der Waals surface area contributed by atoms with Crippen LogP contribution in [0.1, 0.15) is 30.1 Å². The van der Waals surface area contributed by atoms with Crippen LogP contribution in [-0.4, -0.2) is 51.6 Å². The highest BCUT2D eigenvalue weighted by Gasteiger charge is 2.26. The van der Waals surface area contributed by atoms with Crippen LogP contribution in [-0.2, 0) is 0 Å². The number of likely N-dealkylation sites (tertiary alicyclic amines) is 1. The van der Waals surface area contributed by atoms with E-state index in [1.165, 1.54) is 12.4 Å². The molecule has 1 aliphatic rings. The number of pyridine rings is 1. The number of rotatable bonds is 5. The quantitative estimate of drug-likeness (QED) is 0.813. The van der Waals surface area contributed by atoms with E-state index in [0.717, 1.165) is 12.8 Å². The van der Waals surface area contributed by atoms with Gasteiger partial charge in [0.15, 0.2) is 0 Å². The summed E-state index contributed by atoms with van der Waals surface area (Å²) in [5, 5.41) is 0.454. The van der Waals surface area contributed by atoms with Gasteiger partial charge in [-0.05, 0) is 25.8 Å². The van der Waals surface area contributed by atoms with Gasteiger partial charge in [0.25, 0.3) is 5.91 Å². The van der Waals surface area contributed by atoms with E-state index in [4.69, 9.17) is 21.1 Å². The Kier molecular flexibility index (Phi) is 5.65. The minimum Gasteiger partial charge on any atom is -0.478 e. The van der Waals surface area contributed by atoms with Gasteiger partial charge in [-0.2, -0.15) is 0 Å². The highest BCUT2D eigenvalue weighted by Crippen LogP contribution is 2.18. The lowest BCUT2D eigenvalue weighted by Gasteiger charge is -2.32. The molecule has 1 saturated heterocycles. The van der Waals surface area contributed by atoms with Crippen LogP contribution in [0.3, 0.4) is 0 Å². The van der Waals surface area contributed by atoms with E-state index in [1.54, 1.807) is 23.2 Å². The molecule has 3 heterocycles. The molecule has 1 amide bonds. The Labute approximate surface area is 151 Å². The summed E-state index contributed by atoms with van der Waals surface area (Å²) >= 11 is 5.77. The third-order valence-corrected chi connectivity index (χ3v) is 4.00. The number of halogens is 1. The molecule has 0 saturated carbocycles. The summed E-state index contributed by atoms with van der Waals surface area (Å²) in [4.78, 5) is 26.6. The molecule has 25 heavy (non-hydrogen) atoms. The Morgan fingerprint density at radius 1 is 1.28 bits per heavy atom. The number of hydrogen-bond donors (Lipinski definition) is 0. The Morgan fingerprint density at radius 2 is 2.08 bits per heavy atom. The number of aromatic nitrogens is 3. The van der Waals surface area contributed by atoms with Gasteiger partial charge in [0.1, 0.15) is 6.10 Å². The summed E-state index contributed by atoms with van der Waals surface area (Å²) in [5.41, 5.74) is 0.534. The second-order valence-electron chi connectivity index (χ2n) is 5.64. The SMILES string of the molecule is CCOc1ccc(C(=O)N2CCCC(Oc3ncc(Cl)cn3)C2)cn1. The molecule has 8 heteroatoms. The minimum atomic E-state index is -0.144. The van der Waals surface area contributed by atoms with Crippen molar-refractivity contribution < 1.29 is 14.3 Å². The zero-order valence-corrected chi connectivity index (χ0v) is 14.6. The highest BCUT2D eigenvalue weighted by molar-refractivity contribution is 6.30. The summed E-state index contributed by atoms with van der Waals surface area (Å²) in [6.07, 6.45) is 6.07. The maximum Gasteiger partial charge on any atom is 0.316 e. The molecule has 2 aromatic heterocycles. The molecule has 3 rings (SSSR count). The van der Waals surface area contributed by atoms with Gasteiger partial charge in [-0.15, -0.1) is 0 Å². The van der Waals surface area contributed by atoms with Crippen LogP contribution >= 0.6 is 11.6 Å². The topological polar surface area (TPSA) is 77.4 Å². The first-order chi connectivity index (χ1) is 12.2. The van der Waals surface area contributed by atoms with Crippen molar-refractivity contribution in [1.29, 1.82) is 0 Å². The van der Waals surface area contributed by atoms with Gasteiger partial charge in [0, 0.05) is 18.8 Å². The Bertz CT molecular complexity index is 709. The largest absolute Gasteiger partial charge is 0.478 e. The molecule has 1 atom stereocenters. The minimum absolute atomic E-state index is 0.0686. The van der Waals surface area contributed by atoms with Gasteiger partial charge < -0.3 is 14.4 Å². The first-order valence-electron chi connectivity index (χ1n) is 8.18. The molecule has 7 nitrogen and oxygen atoms in total. The van der Waals surface area contributed by atoms with E-state index in [0.29, 0.717) is 36.2 Å². The molecule has 2 aromatic rings. The molecule has 0 radical (unpaired) electrons. The first-order valence-corrected chi connectivity index (χ1v) is 8.56. The van der Waals surface area contributed by atoms with Crippen molar-refractivity contribution in [2.75, 3.05) is 19.7 Å². The fourth-order valence-corrected chi connectivity index (χ4v) is 2.75. The monoisotopic (exact) mass is 362 g/mol. The second-order valence-corrected chi connectivity index (χ2v) is 6.07. The average Bonchev–Trinajstić information content (AvgIpc) is 2.64. The van der Waals surface area contributed by atoms with Crippen LogP contribution in [0.4, 0.5) is 0 Å². The van der Waals surface area contributed by atoms with Gasteiger partial charge >= 0.3 is 6.01 Å². The van der Waals surface area contributed by atoms with Crippen molar-refractivity contribution in [2.24, 2.45) is 0 Å². The van der Waals surface area contributed by atoms with Crippen molar-refractivity contribution in [3.05, 3.63) is 41.3 Å². The predicted molar refractivity (Wildman–Crippen MR) is 92.0 cm³/mol. The molecule has 0 bridgehead atoms. The van der Waals surface area contributed by atoms with E-state index in [1.807, 2.05) is 6.92 Å². The molecule has 132 valence electrons. The van der Waals surface area contributed by atoms with Crippen molar-refractivity contribution >= 4 is 17.5 Å². The normalized spacial score (nSPS) is 17.2. The third kappa shape index (κ3) is 4.57. The number of amides is 1. The van der Waals surface area contributed by atoms with E-state index in [-0.39, 0.29) is 18.0 Å². The third-order valence-electron chi connectivity index (χ3n) is 3.81. The van der Waals surface area contributed by atoms with Gasteiger partial charge in [-0.3, -0.25) is 4.79 Å². The fourth-order valence-electron chi connectivity index (χ4n) is 2.65. The Morgan fingerprint density at radius 3 is 2.76 bits per heavy atom. The molecule has 1 aliphatic heterocycles. The smallest absolute Gasteiger partial charge is 0.316 e. The van der Waals surface area contributed by atoms with E-state index in [2.05, 4.69) is 15.0 Å². The maximum atomic E-state index is 12.7. The zero-order valence-electron chi connectivity index (χ0n) is 13.9. The lowest BCUT2D eigenvalue weighted by molar-refractivity contribution is 0.0515. The van der Waals surface area contributed by atoms with Crippen molar-refractivity contribution in [1.82, 2.24) is 19.9 Å². The van der Waals surface area contributed by atoms with E-state index < -0.39 is 0 Å². The van der Waals surface area contributed by atoms with E-state index >= 15 is 0 Å². The average molecular weight is 363 g/mol. The highest BCUT2D eigenvalue weighted by atomic mass is 35.5.